The van der Waals surface area contributed by atoms with Crippen molar-refractivity contribution in [2.75, 3.05) is 13.1 Å². The number of hydrogen-bond acceptors (Lipinski definition) is 3. The van der Waals surface area contributed by atoms with Crippen LogP contribution in [-0.2, 0) is 6.18 Å². The Bertz CT molecular complexity index is 895. The molecule has 5 nitrogen and oxygen atoms in total. The van der Waals surface area contributed by atoms with E-state index in [9.17, 15) is 18.0 Å². The molecule has 4 rings (SSSR count). The molecule has 2 aromatic rings. The summed E-state index contributed by atoms with van der Waals surface area (Å²) in [5.41, 5.74) is 7.08. The summed E-state index contributed by atoms with van der Waals surface area (Å²) >= 11 is 0. The number of carbonyl (C=O) groups is 1. The van der Waals surface area contributed by atoms with Gasteiger partial charge in [0.1, 0.15) is 0 Å². The number of nitrogens with zero attached hydrogens (tertiary/aromatic N) is 3. The van der Waals surface area contributed by atoms with E-state index in [1.165, 1.54) is 10.6 Å². The summed E-state index contributed by atoms with van der Waals surface area (Å²) in [6, 6.07) is 4.37. The Morgan fingerprint density at radius 1 is 1.25 bits per heavy atom. The van der Waals surface area contributed by atoms with Gasteiger partial charge in [-0.2, -0.15) is 13.2 Å². The fourth-order valence-electron chi connectivity index (χ4n) is 4.61. The van der Waals surface area contributed by atoms with Crippen LogP contribution in [0, 0.1) is 11.8 Å². The number of carbonyl (C=O) groups excluding carboxylic acids is 1. The van der Waals surface area contributed by atoms with Crippen molar-refractivity contribution in [1.29, 1.82) is 0 Å². The Kier molecular flexibility index (Phi) is 5.40. The Morgan fingerprint density at radius 2 is 1.96 bits per heavy atom. The van der Waals surface area contributed by atoms with Gasteiger partial charge in [0.25, 0.3) is 5.91 Å². The first-order valence-electron chi connectivity index (χ1n) is 9.31. The van der Waals surface area contributed by atoms with Crippen LogP contribution in [0.4, 0.5) is 13.2 Å². The van der Waals surface area contributed by atoms with Crippen molar-refractivity contribution in [3.8, 4) is 0 Å². The molecule has 1 amide bonds. The van der Waals surface area contributed by atoms with Gasteiger partial charge in [-0.25, -0.2) is 4.98 Å². The Labute approximate surface area is 167 Å². The normalized spacial score (nSPS) is 24.7. The average Bonchev–Trinajstić information content (AvgIpc) is 3.26. The van der Waals surface area contributed by atoms with Gasteiger partial charge in [-0.1, -0.05) is 0 Å². The van der Waals surface area contributed by atoms with Crippen molar-refractivity contribution in [1.82, 2.24) is 14.5 Å². The molecule has 1 aromatic heterocycles. The second-order valence-corrected chi connectivity index (χ2v) is 7.98. The summed E-state index contributed by atoms with van der Waals surface area (Å²) in [6.07, 6.45) is -2.52. The molecule has 1 aliphatic heterocycles. The minimum absolute atomic E-state index is 0. The first-order chi connectivity index (χ1) is 12.7. The number of rotatable bonds is 2. The zero-order chi connectivity index (χ0) is 19.5. The van der Waals surface area contributed by atoms with E-state index in [0.29, 0.717) is 36.0 Å². The van der Waals surface area contributed by atoms with Crippen LogP contribution in [0.1, 0.15) is 48.9 Å². The molecule has 2 N–H and O–H groups in total. The third-order valence-corrected chi connectivity index (χ3v) is 5.91. The van der Waals surface area contributed by atoms with E-state index in [1.807, 2.05) is 0 Å². The molecule has 9 heteroatoms. The van der Waals surface area contributed by atoms with E-state index in [1.54, 1.807) is 30.9 Å². The highest BCUT2D eigenvalue weighted by Gasteiger charge is 2.43. The standard InChI is InChI=1S/C19H23F3N4O.ClH/c1-10(2)26-16-6-4-11(7-15(16)24-18(26)19(20,21)22)17(27)25-8-12-3-5-14(23)13(12)9-25;/h4,6-7,10,12-14H,3,5,8-9,23H2,1-2H3;1H. The molecular formula is C19H24ClF3N4O. The fourth-order valence-corrected chi connectivity index (χ4v) is 4.61. The van der Waals surface area contributed by atoms with E-state index < -0.39 is 18.0 Å². The van der Waals surface area contributed by atoms with Gasteiger partial charge >= 0.3 is 6.18 Å². The second-order valence-electron chi connectivity index (χ2n) is 7.98. The first-order valence-corrected chi connectivity index (χ1v) is 9.31. The van der Waals surface area contributed by atoms with Crippen molar-refractivity contribution in [3.05, 3.63) is 29.6 Å². The molecule has 1 saturated carbocycles. The lowest BCUT2D eigenvalue weighted by Gasteiger charge is -2.19. The van der Waals surface area contributed by atoms with Crippen molar-refractivity contribution >= 4 is 29.3 Å². The van der Waals surface area contributed by atoms with Crippen LogP contribution in [0.25, 0.3) is 11.0 Å². The van der Waals surface area contributed by atoms with Gasteiger partial charge in [0.2, 0.25) is 5.82 Å². The predicted molar refractivity (Wildman–Crippen MR) is 102 cm³/mol. The lowest BCUT2D eigenvalue weighted by atomic mass is 9.98. The third kappa shape index (κ3) is 3.37. The molecule has 0 bridgehead atoms. The zero-order valence-electron chi connectivity index (χ0n) is 15.7. The minimum Gasteiger partial charge on any atom is -0.338 e. The molecule has 0 radical (unpaired) electrons. The van der Waals surface area contributed by atoms with Crippen LogP contribution in [-0.4, -0.2) is 39.5 Å². The second kappa shape index (κ2) is 7.22. The largest absolute Gasteiger partial charge is 0.449 e. The predicted octanol–water partition coefficient (Wildman–Crippen LogP) is 3.87. The number of fused-ring (bicyclic) bond motifs is 2. The van der Waals surface area contributed by atoms with Crippen molar-refractivity contribution in [3.63, 3.8) is 0 Å². The number of nitrogens with two attached hydrogens (primary N) is 1. The number of hydrogen-bond donors (Lipinski definition) is 1. The van der Waals surface area contributed by atoms with Gasteiger partial charge in [0.15, 0.2) is 0 Å². The van der Waals surface area contributed by atoms with Crippen LogP contribution < -0.4 is 5.73 Å². The van der Waals surface area contributed by atoms with Gasteiger partial charge < -0.3 is 15.2 Å². The molecule has 2 fully saturated rings. The van der Waals surface area contributed by atoms with Gasteiger partial charge in [-0.15, -0.1) is 12.4 Å². The smallest absolute Gasteiger partial charge is 0.338 e. The minimum atomic E-state index is -4.55. The number of imidazole rings is 1. The van der Waals surface area contributed by atoms with Crippen molar-refractivity contribution < 1.29 is 18.0 Å². The van der Waals surface area contributed by atoms with Crippen LogP contribution in [0.3, 0.4) is 0 Å². The molecular weight excluding hydrogens is 393 g/mol. The van der Waals surface area contributed by atoms with E-state index in [4.69, 9.17) is 5.73 Å². The molecule has 28 heavy (non-hydrogen) atoms. The van der Waals surface area contributed by atoms with Crippen LogP contribution >= 0.6 is 12.4 Å². The maximum absolute atomic E-state index is 13.3. The maximum atomic E-state index is 13.3. The summed E-state index contributed by atoms with van der Waals surface area (Å²) < 4.78 is 41.2. The molecule has 3 atom stereocenters. The molecule has 1 saturated heterocycles. The summed E-state index contributed by atoms with van der Waals surface area (Å²) in [4.78, 5) is 18.4. The topological polar surface area (TPSA) is 64.2 Å². The number of amides is 1. The number of benzene rings is 1. The molecule has 3 unspecified atom stereocenters. The lowest BCUT2D eigenvalue weighted by molar-refractivity contribution is -0.147. The van der Waals surface area contributed by atoms with E-state index in [-0.39, 0.29) is 29.9 Å². The number of likely N-dealkylation sites (tertiary alicyclic amines) is 1. The maximum Gasteiger partial charge on any atom is 0.449 e. The summed E-state index contributed by atoms with van der Waals surface area (Å²) in [6.45, 7) is 4.66. The first kappa shape index (κ1) is 20.9. The van der Waals surface area contributed by atoms with Gasteiger partial charge in [-0.05, 0) is 56.7 Å². The number of alkyl halides is 3. The molecule has 2 heterocycles. The Morgan fingerprint density at radius 3 is 2.57 bits per heavy atom. The highest BCUT2D eigenvalue weighted by Crippen LogP contribution is 2.38. The van der Waals surface area contributed by atoms with Crippen LogP contribution in [0.5, 0.6) is 0 Å². The molecule has 0 spiro atoms. The Hall–Kier alpha value is -1.80. The van der Waals surface area contributed by atoms with Gasteiger partial charge in [0, 0.05) is 30.7 Å². The molecule has 154 valence electrons. The van der Waals surface area contributed by atoms with Crippen molar-refractivity contribution in [2.45, 2.75) is 44.9 Å². The SMILES string of the molecule is CC(C)n1c(C(F)(F)F)nc2cc(C(=O)N3CC4CCC(N)C4C3)ccc21.Cl. The summed E-state index contributed by atoms with van der Waals surface area (Å²) in [7, 11) is 0. The van der Waals surface area contributed by atoms with Crippen molar-refractivity contribution in [2.24, 2.45) is 17.6 Å². The van der Waals surface area contributed by atoms with Crippen LogP contribution in [0.15, 0.2) is 18.2 Å². The molecule has 1 aliphatic carbocycles. The average molecular weight is 417 g/mol. The van der Waals surface area contributed by atoms with Gasteiger partial charge in [0.05, 0.1) is 11.0 Å². The van der Waals surface area contributed by atoms with Crippen LogP contribution in [0.2, 0.25) is 0 Å². The highest BCUT2D eigenvalue weighted by molar-refractivity contribution is 5.97. The van der Waals surface area contributed by atoms with E-state index in [0.717, 1.165) is 12.8 Å². The van der Waals surface area contributed by atoms with Gasteiger partial charge in [-0.3, -0.25) is 4.79 Å². The van der Waals surface area contributed by atoms with E-state index >= 15 is 0 Å². The lowest BCUT2D eigenvalue weighted by Crippen LogP contribution is -2.33. The highest BCUT2D eigenvalue weighted by atomic mass is 35.5. The fraction of sp³-hybridized carbons (Fsp3) is 0.579. The monoisotopic (exact) mass is 416 g/mol. The Balaban J connectivity index is 0.00000225. The summed E-state index contributed by atoms with van der Waals surface area (Å²) in [5.74, 6) is -0.329. The molecule has 1 aromatic carbocycles. The number of halogens is 4. The quantitative estimate of drug-likeness (QED) is 0.808. The van der Waals surface area contributed by atoms with E-state index in [2.05, 4.69) is 4.98 Å². The number of aromatic nitrogens is 2. The third-order valence-electron chi connectivity index (χ3n) is 5.91. The zero-order valence-corrected chi connectivity index (χ0v) is 16.6. The molecule has 2 aliphatic rings. The summed E-state index contributed by atoms with van der Waals surface area (Å²) in [5, 5.41) is 0.